The van der Waals surface area contributed by atoms with Crippen molar-refractivity contribution in [3.05, 3.63) is 28.8 Å². The number of amides is 1. The lowest BCUT2D eigenvalue weighted by Gasteiger charge is -2.28. The Balaban J connectivity index is 2.02. The van der Waals surface area contributed by atoms with Crippen LogP contribution in [0.15, 0.2) is 18.2 Å². The molecule has 0 heterocycles. The van der Waals surface area contributed by atoms with Crippen LogP contribution < -0.4 is 10.1 Å². The quantitative estimate of drug-likeness (QED) is 0.925. The summed E-state index contributed by atoms with van der Waals surface area (Å²) < 4.78 is 31.2. The van der Waals surface area contributed by atoms with Crippen LogP contribution in [0.3, 0.4) is 0 Å². The summed E-state index contributed by atoms with van der Waals surface area (Å²) in [5.41, 5.74) is 0.356. The van der Waals surface area contributed by atoms with Crippen molar-refractivity contribution in [2.24, 2.45) is 0 Å². The number of ether oxygens (including phenoxy) is 1. The van der Waals surface area contributed by atoms with Crippen molar-refractivity contribution in [3.63, 3.8) is 0 Å². The first-order valence-corrected chi connectivity index (χ1v) is 6.81. The van der Waals surface area contributed by atoms with Crippen LogP contribution in [0.25, 0.3) is 0 Å². The molecule has 1 saturated carbocycles. The molecule has 3 nitrogen and oxygen atoms in total. The van der Waals surface area contributed by atoms with E-state index in [1.54, 1.807) is 18.2 Å². The molecule has 20 heavy (non-hydrogen) atoms. The van der Waals surface area contributed by atoms with E-state index < -0.39 is 5.92 Å². The fourth-order valence-corrected chi connectivity index (χ4v) is 2.46. The van der Waals surface area contributed by atoms with Gasteiger partial charge in [0.25, 0.3) is 5.91 Å². The molecule has 1 fully saturated rings. The molecule has 0 radical (unpaired) electrons. The first kappa shape index (κ1) is 15.0. The lowest BCUT2D eigenvalue weighted by atomic mass is 9.92. The van der Waals surface area contributed by atoms with Crippen LogP contribution in [0.4, 0.5) is 8.78 Å². The Morgan fingerprint density at radius 2 is 2.05 bits per heavy atom. The topological polar surface area (TPSA) is 38.3 Å². The summed E-state index contributed by atoms with van der Waals surface area (Å²) in [7, 11) is 1.45. The summed E-state index contributed by atoms with van der Waals surface area (Å²) in [6, 6.07) is 4.48. The molecule has 0 saturated heterocycles. The van der Waals surface area contributed by atoms with E-state index in [4.69, 9.17) is 16.3 Å². The second-order valence-corrected chi connectivity index (χ2v) is 5.38. The van der Waals surface area contributed by atoms with Gasteiger partial charge in [-0.25, -0.2) is 8.78 Å². The number of methoxy groups -OCH3 is 1. The van der Waals surface area contributed by atoms with E-state index in [1.165, 1.54) is 7.11 Å². The van der Waals surface area contributed by atoms with Crippen LogP contribution in [-0.4, -0.2) is 25.0 Å². The van der Waals surface area contributed by atoms with Gasteiger partial charge in [0.2, 0.25) is 5.92 Å². The number of benzene rings is 1. The second-order valence-electron chi connectivity index (χ2n) is 4.95. The molecule has 1 aromatic rings. The van der Waals surface area contributed by atoms with Gasteiger partial charge in [0.15, 0.2) is 0 Å². The minimum atomic E-state index is -2.60. The molecular weight excluding hydrogens is 288 g/mol. The Bertz CT molecular complexity index is 498. The SMILES string of the molecule is COc1cc(Cl)ccc1C(=O)NC1CCC(F)(F)CC1. The molecule has 0 spiro atoms. The van der Waals surface area contributed by atoms with Crippen molar-refractivity contribution < 1.29 is 18.3 Å². The smallest absolute Gasteiger partial charge is 0.255 e. The summed E-state index contributed by atoms with van der Waals surface area (Å²) >= 11 is 5.83. The molecule has 0 aromatic heterocycles. The predicted molar refractivity (Wildman–Crippen MR) is 72.7 cm³/mol. The third-order valence-corrected chi connectivity index (χ3v) is 3.70. The molecule has 1 aromatic carbocycles. The zero-order valence-electron chi connectivity index (χ0n) is 11.1. The van der Waals surface area contributed by atoms with Gasteiger partial charge < -0.3 is 10.1 Å². The average Bonchev–Trinajstić information content (AvgIpc) is 2.40. The molecule has 2 rings (SSSR count). The van der Waals surface area contributed by atoms with Crippen molar-refractivity contribution in [1.82, 2.24) is 5.32 Å². The van der Waals surface area contributed by atoms with Crippen LogP contribution in [0.1, 0.15) is 36.0 Å². The molecular formula is C14H16ClF2NO2. The van der Waals surface area contributed by atoms with Gasteiger partial charge in [0, 0.05) is 23.9 Å². The summed E-state index contributed by atoms with van der Waals surface area (Å²) in [4.78, 5) is 12.1. The molecule has 0 bridgehead atoms. The zero-order chi connectivity index (χ0) is 14.8. The minimum Gasteiger partial charge on any atom is -0.496 e. The standard InChI is InChI=1S/C14H16ClF2NO2/c1-20-12-8-9(15)2-3-11(12)13(19)18-10-4-6-14(16,17)7-5-10/h2-3,8,10H,4-7H2,1H3,(H,18,19). The van der Waals surface area contributed by atoms with Gasteiger partial charge in [-0.15, -0.1) is 0 Å². The van der Waals surface area contributed by atoms with Crippen LogP contribution >= 0.6 is 11.6 Å². The van der Waals surface area contributed by atoms with E-state index in [0.717, 1.165) is 0 Å². The third kappa shape index (κ3) is 3.60. The van der Waals surface area contributed by atoms with Gasteiger partial charge in [-0.2, -0.15) is 0 Å². The van der Waals surface area contributed by atoms with Crippen molar-refractivity contribution >= 4 is 17.5 Å². The van der Waals surface area contributed by atoms with E-state index in [9.17, 15) is 13.6 Å². The van der Waals surface area contributed by atoms with E-state index >= 15 is 0 Å². The van der Waals surface area contributed by atoms with E-state index in [2.05, 4.69) is 5.32 Å². The second kappa shape index (κ2) is 5.95. The summed E-state index contributed by atoms with van der Waals surface area (Å²) in [6.45, 7) is 0. The molecule has 0 aliphatic heterocycles. The Morgan fingerprint density at radius 3 is 2.65 bits per heavy atom. The molecule has 0 atom stereocenters. The highest BCUT2D eigenvalue weighted by Gasteiger charge is 2.35. The molecule has 1 aliphatic rings. The van der Waals surface area contributed by atoms with Crippen LogP contribution in [0, 0.1) is 0 Å². The molecule has 0 unspecified atom stereocenters. The highest BCUT2D eigenvalue weighted by atomic mass is 35.5. The van der Waals surface area contributed by atoms with Gasteiger partial charge in [-0.3, -0.25) is 4.79 Å². The number of nitrogens with one attached hydrogen (secondary N) is 1. The number of hydrogen-bond acceptors (Lipinski definition) is 2. The van der Waals surface area contributed by atoms with Crippen LogP contribution in [-0.2, 0) is 0 Å². The molecule has 6 heteroatoms. The normalized spacial score (nSPS) is 18.6. The van der Waals surface area contributed by atoms with Crippen molar-refractivity contribution in [1.29, 1.82) is 0 Å². The van der Waals surface area contributed by atoms with E-state index in [-0.39, 0.29) is 37.6 Å². The number of halogens is 3. The van der Waals surface area contributed by atoms with Crippen molar-refractivity contribution in [3.8, 4) is 5.75 Å². The average molecular weight is 304 g/mol. The molecule has 110 valence electrons. The monoisotopic (exact) mass is 303 g/mol. The number of carbonyl (C=O) groups is 1. The molecule has 1 N–H and O–H groups in total. The van der Waals surface area contributed by atoms with Crippen molar-refractivity contribution in [2.75, 3.05) is 7.11 Å². The zero-order valence-corrected chi connectivity index (χ0v) is 11.8. The van der Waals surface area contributed by atoms with Crippen LogP contribution in [0.2, 0.25) is 5.02 Å². The fraction of sp³-hybridized carbons (Fsp3) is 0.500. The molecule has 1 amide bonds. The van der Waals surface area contributed by atoms with Crippen LogP contribution in [0.5, 0.6) is 5.75 Å². The summed E-state index contributed by atoms with van der Waals surface area (Å²) in [6.07, 6.45) is 0.203. The summed E-state index contributed by atoms with van der Waals surface area (Å²) in [5, 5.41) is 3.24. The van der Waals surface area contributed by atoms with Gasteiger partial charge in [-0.05, 0) is 31.0 Å². The Kier molecular flexibility index (Phi) is 4.48. The largest absolute Gasteiger partial charge is 0.496 e. The lowest BCUT2D eigenvalue weighted by molar-refractivity contribution is -0.0399. The first-order valence-electron chi connectivity index (χ1n) is 6.43. The number of rotatable bonds is 3. The Morgan fingerprint density at radius 1 is 1.40 bits per heavy atom. The Hall–Kier alpha value is -1.36. The third-order valence-electron chi connectivity index (χ3n) is 3.46. The van der Waals surface area contributed by atoms with E-state index in [0.29, 0.717) is 16.3 Å². The lowest BCUT2D eigenvalue weighted by Crippen LogP contribution is -2.40. The predicted octanol–water partition coefficient (Wildman–Crippen LogP) is 3.66. The first-order chi connectivity index (χ1) is 9.41. The highest BCUT2D eigenvalue weighted by Crippen LogP contribution is 2.33. The Labute approximate surface area is 121 Å². The van der Waals surface area contributed by atoms with Gasteiger partial charge in [-0.1, -0.05) is 11.6 Å². The van der Waals surface area contributed by atoms with E-state index in [1.807, 2.05) is 0 Å². The minimum absolute atomic E-state index is 0.185. The summed E-state index contributed by atoms with van der Waals surface area (Å²) in [5.74, 6) is -2.55. The maximum Gasteiger partial charge on any atom is 0.255 e. The molecule has 1 aliphatic carbocycles. The van der Waals surface area contributed by atoms with Gasteiger partial charge in [0.1, 0.15) is 5.75 Å². The van der Waals surface area contributed by atoms with Gasteiger partial charge >= 0.3 is 0 Å². The highest BCUT2D eigenvalue weighted by molar-refractivity contribution is 6.30. The maximum absolute atomic E-state index is 13.1. The van der Waals surface area contributed by atoms with Gasteiger partial charge in [0.05, 0.1) is 12.7 Å². The number of hydrogen-bond donors (Lipinski definition) is 1. The maximum atomic E-state index is 13.1. The number of carbonyl (C=O) groups excluding carboxylic acids is 1. The van der Waals surface area contributed by atoms with Crippen molar-refractivity contribution in [2.45, 2.75) is 37.6 Å². The fourth-order valence-electron chi connectivity index (χ4n) is 2.30. The number of alkyl halides is 2.